The fraction of sp³-hybridized carbons (Fsp3) is 0.500. The maximum atomic E-state index is 12.5. The zero-order valence-electron chi connectivity index (χ0n) is 16.1. The monoisotopic (exact) mass is 363 g/mol. The van der Waals surface area contributed by atoms with E-state index in [9.17, 15) is 9.59 Å². The molecule has 0 aliphatic heterocycles. The third-order valence-electron chi connectivity index (χ3n) is 3.42. The first kappa shape index (κ1) is 21.7. The second kappa shape index (κ2) is 12.1. The van der Waals surface area contributed by atoms with Crippen LogP contribution >= 0.6 is 0 Å². The minimum atomic E-state index is -0.315. The molecule has 0 aliphatic rings. The van der Waals surface area contributed by atoms with Gasteiger partial charge < -0.3 is 19.1 Å². The van der Waals surface area contributed by atoms with Gasteiger partial charge in [0, 0.05) is 26.3 Å². The highest BCUT2D eigenvalue weighted by Crippen LogP contribution is 2.16. The molecule has 1 aromatic carbocycles. The molecule has 0 aromatic heterocycles. The van der Waals surface area contributed by atoms with Crippen LogP contribution in [0.2, 0.25) is 0 Å². The van der Waals surface area contributed by atoms with Gasteiger partial charge in [-0.15, -0.1) is 0 Å². The average molecular weight is 363 g/mol. The molecule has 0 bridgehead atoms. The van der Waals surface area contributed by atoms with Crippen molar-refractivity contribution >= 4 is 18.0 Å². The van der Waals surface area contributed by atoms with Crippen molar-refractivity contribution in [3.63, 3.8) is 0 Å². The van der Waals surface area contributed by atoms with Crippen LogP contribution < -0.4 is 4.74 Å². The number of ether oxygens (including phenoxy) is 3. The summed E-state index contributed by atoms with van der Waals surface area (Å²) in [6.45, 7) is 7.12. The number of carbonyl (C=O) groups excluding carboxylic acids is 2. The molecule has 26 heavy (non-hydrogen) atoms. The molecule has 0 N–H and O–H groups in total. The molecule has 0 heterocycles. The van der Waals surface area contributed by atoms with Gasteiger partial charge in [-0.2, -0.15) is 0 Å². The quantitative estimate of drug-likeness (QED) is 0.447. The predicted octanol–water partition coefficient (Wildman–Crippen LogP) is 2.92. The molecule has 0 radical (unpaired) electrons. The highest BCUT2D eigenvalue weighted by molar-refractivity contribution is 5.92. The minimum absolute atomic E-state index is 0.0864. The maximum absolute atomic E-state index is 12.5. The lowest BCUT2D eigenvalue weighted by atomic mass is 10.2. The van der Waals surface area contributed by atoms with Crippen LogP contribution in [0.4, 0.5) is 0 Å². The third kappa shape index (κ3) is 8.67. The molecule has 0 unspecified atom stereocenters. The molecular formula is C20H29NO5. The van der Waals surface area contributed by atoms with E-state index in [0.717, 1.165) is 11.3 Å². The van der Waals surface area contributed by atoms with Gasteiger partial charge >= 0.3 is 5.97 Å². The van der Waals surface area contributed by atoms with E-state index >= 15 is 0 Å². The summed E-state index contributed by atoms with van der Waals surface area (Å²) in [5, 5.41) is 0. The van der Waals surface area contributed by atoms with E-state index in [2.05, 4.69) is 0 Å². The van der Waals surface area contributed by atoms with Gasteiger partial charge in [0.15, 0.2) is 0 Å². The Morgan fingerprint density at radius 1 is 1.23 bits per heavy atom. The van der Waals surface area contributed by atoms with Crippen LogP contribution in [0.15, 0.2) is 30.3 Å². The highest BCUT2D eigenvalue weighted by atomic mass is 16.5. The number of hydrogen-bond acceptors (Lipinski definition) is 5. The summed E-state index contributed by atoms with van der Waals surface area (Å²) in [5.74, 6) is 0.264. The Morgan fingerprint density at radius 2 is 2.00 bits per heavy atom. The molecule has 1 rings (SSSR count). The Balaban J connectivity index is 2.71. The Morgan fingerprint density at radius 3 is 2.65 bits per heavy atom. The second-order valence-electron chi connectivity index (χ2n) is 5.95. The van der Waals surface area contributed by atoms with E-state index < -0.39 is 0 Å². The number of amides is 1. The molecule has 6 nitrogen and oxygen atoms in total. The molecule has 0 fully saturated rings. The summed E-state index contributed by atoms with van der Waals surface area (Å²) in [7, 11) is 1.57. The zero-order valence-corrected chi connectivity index (χ0v) is 16.1. The fourth-order valence-corrected chi connectivity index (χ4v) is 2.23. The van der Waals surface area contributed by atoms with Crippen molar-refractivity contribution in [1.82, 2.24) is 4.90 Å². The van der Waals surface area contributed by atoms with Crippen molar-refractivity contribution in [2.45, 2.75) is 33.3 Å². The van der Waals surface area contributed by atoms with Crippen LogP contribution in [-0.4, -0.2) is 56.3 Å². The molecule has 0 saturated carbocycles. The molecule has 1 aromatic rings. The Kier molecular flexibility index (Phi) is 10.1. The van der Waals surface area contributed by atoms with Crippen LogP contribution in [-0.2, 0) is 19.1 Å². The van der Waals surface area contributed by atoms with E-state index in [1.165, 1.54) is 6.08 Å². The first-order valence-corrected chi connectivity index (χ1v) is 8.84. The number of methoxy groups -OCH3 is 1. The van der Waals surface area contributed by atoms with Gasteiger partial charge in [0.1, 0.15) is 5.75 Å². The summed E-state index contributed by atoms with van der Waals surface area (Å²) in [4.78, 5) is 25.6. The van der Waals surface area contributed by atoms with E-state index in [0.29, 0.717) is 26.3 Å². The third-order valence-corrected chi connectivity index (χ3v) is 3.42. The van der Waals surface area contributed by atoms with Crippen molar-refractivity contribution in [3.8, 4) is 5.75 Å². The average Bonchev–Trinajstić information content (AvgIpc) is 2.60. The van der Waals surface area contributed by atoms with E-state index in [1.54, 1.807) is 25.0 Å². The van der Waals surface area contributed by atoms with E-state index in [4.69, 9.17) is 14.2 Å². The largest absolute Gasteiger partial charge is 0.491 e. The topological polar surface area (TPSA) is 65.1 Å². The fourth-order valence-electron chi connectivity index (χ4n) is 2.23. The number of rotatable bonds is 11. The van der Waals surface area contributed by atoms with Crippen molar-refractivity contribution in [3.05, 3.63) is 35.9 Å². The molecule has 144 valence electrons. The van der Waals surface area contributed by atoms with Crippen LogP contribution in [0.3, 0.4) is 0 Å². The molecule has 1 amide bonds. The van der Waals surface area contributed by atoms with Gasteiger partial charge in [-0.05, 0) is 44.5 Å². The summed E-state index contributed by atoms with van der Waals surface area (Å²) in [5.41, 5.74) is 0.869. The lowest BCUT2D eigenvalue weighted by molar-refractivity contribution is -0.143. The minimum Gasteiger partial charge on any atom is -0.491 e. The lowest BCUT2D eigenvalue weighted by Crippen LogP contribution is -2.34. The van der Waals surface area contributed by atoms with E-state index in [1.807, 2.05) is 38.1 Å². The Hall–Kier alpha value is -2.34. The molecule has 0 spiro atoms. The number of nitrogens with zero attached hydrogens (tertiary/aromatic N) is 1. The predicted molar refractivity (Wildman–Crippen MR) is 101 cm³/mol. The van der Waals surface area contributed by atoms with Crippen LogP contribution in [0.25, 0.3) is 6.08 Å². The molecule has 0 saturated heterocycles. The summed E-state index contributed by atoms with van der Waals surface area (Å²) in [6, 6.07) is 7.53. The van der Waals surface area contributed by atoms with Gasteiger partial charge in [-0.25, -0.2) is 0 Å². The Bertz CT molecular complexity index is 598. The van der Waals surface area contributed by atoms with Crippen molar-refractivity contribution in [1.29, 1.82) is 0 Å². The summed E-state index contributed by atoms with van der Waals surface area (Å²) < 4.78 is 15.6. The SMILES string of the molecule is CCOC(=O)CCN(CCOC)C(=O)/C=C/c1cccc(OC(C)C)c1. The molecule has 0 atom stereocenters. The van der Waals surface area contributed by atoms with Gasteiger partial charge in [-0.3, -0.25) is 9.59 Å². The van der Waals surface area contributed by atoms with Gasteiger partial charge in [0.05, 0.1) is 25.7 Å². The van der Waals surface area contributed by atoms with Crippen LogP contribution in [0, 0.1) is 0 Å². The smallest absolute Gasteiger partial charge is 0.307 e. The van der Waals surface area contributed by atoms with Crippen LogP contribution in [0.1, 0.15) is 32.8 Å². The van der Waals surface area contributed by atoms with Gasteiger partial charge in [0.25, 0.3) is 0 Å². The molecular weight excluding hydrogens is 334 g/mol. The van der Waals surface area contributed by atoms with Crippen LogP contribution in [0.5, 0.6) is 5.75 Å². The van der Waals surface area contributed by atoms with Crippen molar-refractivity contribution in [2.75, 3.05) is 33.4 Å². The lowest BCUT2D eigenvalue weighted by Gasteiger charge is -2.20. The standard InChI is InChI=1S/C20H29NO5/c1-5-25-20(23)11-12-21(13-14-24-4)19(22)10-9-17-7-6-8-18(15-17)26-16(2)3/h6-10,15-16H,5,11-14H2,1-4H3/b10-9+. The molecule has 6 heteroatoms. The normalized spacial score (nSPS) is 11.0. The van der Waals surface area contributed by atoms with Crippen molar-refractivity contribution < 1.29 is 23.8 Å². The first-order chi connectivity index (χ1) is 12.5. The number of hydrogen-bond donors (Lipinski definition) is 0. The van der Waals surface area contributed by atoms with Gasteiger partial charge in [0.2, 0.25) is 5.91 Å². The number of benzene rings is 1. The number of carbonyl (C=O) groups is 2. The summed E-state index contributed by atoms with van der Waals surface area (Å²) >= 11 is 0. The Labute approximate surface area is 155 Å². The molecule has 0 aliphatic carbocycles. The van der Waals surface area contributed by atoms with Gasteiger partial charge in [-0.1, -0.05) is 12.1 Å². The highest BCUT2D eigenvalue weighted by Gasteiger charge is 2.13. The maximum Gasteiger partial charge on any atom is 0.307 e. The van der Waals surface area contributed by atoms with Crippen molar-refractivity contribution in [2.24, 2.45) is 0 Å². The second-order valence-corrected chi connectivity index (χ2v) is 5.95. The first-order valence-electron chi connectivity index (χ1n) is 8.84. The van der Waals surface area contributed by atoms with E-state index in [-0.39, 0.29) is 24.4 Å². The zero-order chi connectivity index (χ0) is 19.4. The summed E-state index contributed by atoms with van der Waals surface area (Å²) in [6.07, 6.45) is 3.48. The number of esters is 1.